The summed E-state index contributed by atoms with van der Waals surface area (Å²) in [6.45, 7) is 4.27. The molecular weight excluding hydrogens is 136 g/mol. The number of carbonyl (C=O) groups excluding carboxylic acids is 1. The Balaban J connectivity index is 2.12. The van der Waals surface area contributed by atoms with Crippen LogP contribution in [0.2, 0.25) is 0 Å². The van der Waals surface area contributed by atoms with Crippen LogP contribution in [0.15, 0.2) is 0 Å². The summed E-state index contributed by atoms with van der Waals surface area (Å²) in [6, 6.07) is 0. The van der Waals surface area contributed by atoms with Gasteiger partial charge in [0.25, 0.3) is 0 Å². The van der Waals surface area contributed by atoms with Gasteiger partial charge in [-0.25, -0.2) is 0 Å². The average molecular weight is 154 g/mol. The highest BCUT2D eigenvalue weighted by molar-refractivity contribution is 5.86. The second-order valence-corrected chi connectivity index (χ2v) is 3.94. The zero-order valence-corrected chi connectivity index (χ0v) is 7.65. The first-order valence-corrected chi connectivity index (χ1v) is 4.72. The van der Waals surface area contributed by atoms with E-state index in [0.717, 1.165) is 25.7 Å². The number of Topliss-reactive ketones (excluding diaryl/α,β-unsaturated/α-hetero) is 1. The van der Waals surface area contributed by atoms with E-state index in [9.17, 15) is 4.79 Å². The van der Waals surface area contributed by atoms with Gasteiger partial charge in [-0.15, -0.1) is 0 Å². The van der Waals surface area contributed by atoms with E-state index in [4.69, 9.17) is 0 Å². The normalized spacial score (nSPS) is 19.8. The molecule has 1 saturated carbocycles. The Labute approximate surface area is 69.2 Å². The van der Waals surface area contributed by atoms with Crippen molar-refractivity contribution in [1.82, 2.24) is 0 Å². The minimum Gasteiger partial charge on any atom is -0.299 e. The molecule has 0 radical (unpaired) electrons. The number of unbranched alkanes of at least 4 members (excludes halogenated alkanes) is 2. The summed E-state index contributed by atoms with van der Waals surface area (Å²) in [6.07, 6.45) is 6.62. The molecule has 0 atom stereocenters. The zero-order valence-electron chi connectivity index (χ0n) is 7.65. The third-order valence-corrected chi connectivity index (χ3v) is 2.68. The molecule has 1 aliphatic rings. The fourth-order valence-corrected chi connectivity index (χ4v) is 1.30. The van der Waals surface area contributed by atoms with Crippen molar-refractivity contribution in [2.24, 2.45) is 5.41 Å². The molecule has 1 fully saturated rings. The van der Waals surface area contributed by atoms with Crippen LogP contribution in [0.3, 0.4) is 0 Å². The Morgan fingerprint density at radius 2 is 2.00 bits per heavy atom. The lowest BCUT2D eigenvalue weighted by Gasteiger charge is -2.05. The first-order chi connectivity index (χ1) is 5.19. The molecule has 0 bridgehead atoms. The highest BCUT2D eigenvalue weighted by atomic mass is 16.1. The molecule has 1 rings (SSSR count). The van der Waals surface area contributed by atoms with E-state index >= 15 is 0 Å². The Morgan fingerprint density at radius 3 is 2.45 bits per heavy atom. The van der Waals surface area contributed by atoms with Gasteiger partial charge in [-0.2, -0.15) is 0 Å². The Bertz CT molecular complexity index is 145. The molecule has 0 saturated heterocycles. The van der Waals surface area contributed by atoms with Gasteiger partial charge >= 0.3 is 0 Å². The van der Waals surface area contributed by atoms with E-state index in [1.807, 2.05) is 0 Å². The van der Waals surface area contributed by atoms with Gasteiger partial charge in [-0.05, 0) is 19.3 Å². The molecule has 64 valence electrons. The largest absolute Gasteiger partial charge is 0.299 e. The van der Waals surface area contributed by atoms with E-state index < -0.39 is 0 Å². The van der Waals surface area contributed by atoms with Crippen LogP contribution in [-0.2, 0) is 4.79 Å². The van der Waals surface area contributed by atoms with E-state index in [0.29, 0.717) is 5.78 Å². The molecule has 0 unspecified atom stereocenters. The molecule has 0 aromatic carbocycles. The second-order valence-electron chi connectivity index (χ2n) is 3.94. The highest BCUT2D eigenvalue weighted by Crippen LogP contribution is 2.46. The van der Waals surface area contributed by atoms with Gasteiger partial charge in [0, 0.05) is 11.8 Å². The maximum absolute atomic E-state index is 11.4. The Kier molecular flexibility index (Phi) is 2.69. The minimum absolute atomic E-state index is 0.119. The molecular formula is C10H18O. The van der Waals surface area contributed by atoms with Crippen molar-refractivity contribution < 1.29 is 4.79 Å². The molecule has 1 aliphatic carbocycles. The van der Waals surface area contributed by atoms with Crippen LogP contribution in [0, 0.1) is 5.41 Å². The van der Waals surface area contributed by atoms with Crippen molar-refractivity contribution >= 4 is 5.78 Å². The molecule has 0 aliphatic heterocycles. The number of hydrogen-bond donors (Lipinski definition) is 0. The van der Waals surface area contributed by atoms with Crippen molar-refractivity contribution in [1.29, 1.82) is 0 Å². The minimum atomic E-state index is 0.119. The predicted octanol–water partition coefficient (Wildman–Crippen LogP) is 2.94. The maximum atomic E-state index is 11.4. The Morgan fingerprint density at radius 1 is 1.36 bits per heavy atom. The van der Waals surface area contributed by atoms with Gasteiger partial charge in [0.2, 0.25) is 0 Å². The molecule has 11 heavy (non-hydrogen) atoms. The standard InChI is InChI=1S/C10H18O/c1-3-4-5-6-9(11)10(2)7-8-10/h3-8H2,1-2H3. The van der Waals surface area contributed by atoms with Crippen molar-refractivity contribution in [3.05, 3.63) is 0 Å². The summed E-state index contributed by atoms with van der Waals surface area (Å²) in [5.41, 5.74) is 0.119. The number of carbonyl (C=O) groups is 1. The monoisotopic (exact) mass is 154 g/mol. The summed E-state index contributed by atoms with van der Waals surface area (Å²) < 4.78 is 0. The summed E-state index contributed by atoms with van der Waals surface area (Å²) in [5.74, 6) is 0.506. The molecule has 0 aromatic heterocycles. The quantitative estimate of drug-likeness (QED) is 0.556. The molecule has 0 amide bonds. The van der Waals surface area contributed by atoms with E-state index in [-0.39, 0.29) is 5.41 Å². The smallest absolute Gasteiger partial charge is 0.138 e. The van der Waals surface area contributed by atoms with Crippen LogP contribution < -0.4 is 0 Å². The summed E-state index contributed by atoms with van der Waals surface area (Å²) in [5, 5.41) is 0. The zero-order chi connectivity index (χ0) is 8.32. The predicted molar refractivity (Wildman–Crippen MR) is 46.5 cm³/mol. The van der Waals surface area contributed by atoms with Crippen LogP contribution >= 0.6 is 0 Å². The topological polar surface area (TPSA) is 17.1 Å². The molecule has 0 heterocycles. The van der Waals surface area contributed by atoms with Crippen LogP contribution in [0.5, 0.6) is 0 Å². The van der Waals surface area contributed by atoms with Gasteiger partial charge in [-0.3, -0.25) is 4.79 Å². The summed E-state index contributed by atoms with van der Waals surface area (Å²) in [4.78, 5) is 11.4. The van der Waals surface area contributed by atoms with Crippen LogP contribution in [0.4, 0.5) is 0 Å². The lowest BCUT2D eigenvalue weighted by molar-refractivity contribution is -0.123. The fourth-order valence-electron chi connectivity index (χ4n) is 1.30. The number of ketones is 1. The van der Waals surface area contributed by atoms with Gasteiger partial charge < -0.3 is 0 Å². The van der Waals surface area contributed by atoms with Gasteiger partial charge in [0.15, 0.2) is 0 Å². The summed E-state index contributed by atoms with van der Waals surface area (Å²) >= 11 is 0. The lowest BCUT2D eigenvalue weighted by atomic mass is 9.99. The maximum Gasteiger partial charge on any atom is 0.138 e. The van der Waals surface area contributed by atoms with Gasteiger partial charge in [-0.1, -0.05) is 26.7 Å². The van der Waals surface area contributed by atoms with Crippen molar-refractivity contribution in [2.45, 2.75) is 52.4 Å². The van der Waals surface area contributed by atoms with Crippen LogP contribution in [0.25, 0.3) is 0 Å². The average Bonchev–Trinajstić information content (AvgIpc) is 2.70. The number of rotatable bonds is 5. The van der Waals surface area contributed by atoms with Crippen LogP contribution in [0.1, 0.15) is 52.4 Å². The SMILES string of the molecule is CCCCCC(=O)C1(C)CC1. The van der Waals surface area contributed by atoms with E-state index in [1.165, 1.54) is 12.8 Å². The Hall–Kier alpha value is -0.330. The highest BCUT2D eigenvalue weighted by Gasteiger charge is 2.43. The fraction of sp³-hybridized carbons (Fsp3) is 0.900. The molecule has 1 heteroatoms. The van der Waals surface area contributed by atoms with Crippen molar-refractivity contribution in [3.63, 3.8) is 0 Å². The molecule has 0 N–H and O–H groups in total. The third-order valence-electron chi connectivity index (χ3n) is 2.68. The molecule has 0 aromatic rings. The van der Waals surface area contributed by atoms with Crippen molar-refractivity contribution in [3.8, 4) is 0 Å². The summed E-state index contributed by atoms with van der Waals surface area (Å²) in [7, 11) is 0. The van der Waals surface area contributed by atoms with Gasteiger partial charge in [0.1, 0.15) is 5.78 Å². The first kappa shape index (κ1) is 8.76. The third kappa shape index (κ3) is 2.32. The van der Waals surface area contributed by atoms with Crippen molar-refractivity contribution in [2.75, 3.05) is 0 Å². The first-order valence-electron chi connectivity index (χ1n) is 4.72. The van der Waals surface area contributed by atoms with Gasteiger partial charge in [0.05, 0.1) is 0 Å². The molecule has 0 spiro atoms. The van der Waals surface area contributed by atoms with Crippen LogP contribution in [-0.4, -0.2) is 5.78 Å². The molecule has 1 nitrogen and oxygen atoms in total. The lowest BCUT2D eigenvalue weighted by Crippen LogP contribution is -2.10. The number of hydrogen-bond acceptors (Lipinski definition) is 1. The van der Waals surface area contributed by atoms with E-state index in [1.54, 1.807) is 0 Å². The second kappa shape index (κ2) is 3.38. The van der Waals surface area contributed by atoms with E-state index in [2.05, 4.69) is 13.8 Å².